The molecular formula is C19H20N4O3S. The second-order valence-corrected chi connectivity index (χ2v) is 7.60. The first-order valence-electron chi connectivity index (χ1n) is 8.46. The highest BCUT2D eigenvalue weighted by Gasteiger charge is 2.15. The van der Waals surface area contributed by atoms with Gasteiger partial charge in [0.1, 0.15) is 0 Å². The van der Waals surface area contributed by atoms with Gasteiger partial charge >= 0.3 is 0 Å². The summed E-state index contributed by atoms with van der Waals surface area (Å²) < 4.78 is 28.3. The van der Waals surface area contributed by atoms with Crippen molar-refractivity contribution in [3.8, 4) is 5.69 Å². The van der Waals surface area contributed by atoms with Crippen LogP contribution < -0.4 is 10.0 Å². The quantitative estimate of drug-likeness (QED) is 0.652. The molecule has 1 heterocycles. The number of sulfonamides is 1. The van der Waals surface area contributed by atoms with E-state index in [0.29, 0.717) is 12.1 Å². The van der Waals surface area contributed by atoms with Crippen molar-refractivity contribution in [3.63, 3.8) is 0 Å². The molecule has 140 valence electrons. The van der Waals surface area contributed by atoms with Crippen molar-refractivity contribution in [1.82, 2.24) is 19.8 Å². The summed E-state index contributed by atoms with van der Waals surface area (Å²) in [4.78, 5) is 12.4. The van der Waals surface area contributed by atoms with E-state index in [2.05, 4.69) is 15.1 Å². The van der Waals surface area contributed by atoms with Gasteiger partial charge in [-0.05, 0) is 42.0 Å². The van der Waals surface area contributed by atoms with Crippen LogP contribution in [0, 0.1) is 0 Å². The number of hydrogen-bond donors (Lipinski definition) is 2. The smallest absolute Gasteiger partial charge is 0.251 e. The van der Waals surface area contributed by atoms with Crippen LogP contribution in [0.15, 0.2) is 71.9 Å². The number of nitrogens with one attached hydrogen (secondary N) is 2. The molecule has 1 aromatic heterocycles. The van der Waals surface area contributed by atoms with Crippen molar-refractivity contribution < 1.29 is 13.2 Å². The maximum absolute atomic E-state index is 12.4. The van der Waals surface area contributed by atoms with Gasteiger partial charge in [0.25, 0.3) is 5.91 Å². The van der Waals surface area contributed by atoms with Crippen LogP contribution >= 0.6 is 0 Å². The molecule has 3 aromatic rings. The summed E-state index contributed by atoms with van der Waals surface area (Å²) in [6, 6.07) is 15.5. The highest BCUT2D eigenvalue weighted by atomic mass is 32.2. The van der Waals surface area contributed by atoms with Gasteiger partial charge in [0.05, 0.1) is 10.6 Å². The second-order valence-electron chi connectivity index (χ2n) is 5.83. The molecule has 2 N–H and O–H groups in total. The fourth-order valence-electron chi connectivity index (χ4n) is 2.55. The molecule has 0 bridgehead atoms. The van der Waals surface area contributed by atoms with E-state index in [1.807, 2.05) is 36.5 Å². The van der Waals surface area contributed by atoms with E-state index in [1.54, 1.807) is 29.9 Å². The summed E-state index contributed by atoms with van der Waals surface area (Å²) in [7, 11) is -3.60. The lowest BCUT2D eigenvalue weighted by molar-refractivity contribution is 0.0950. The molecule has 0 saturated carbocycles. The first-order chi connectivity index (χ1) is 13.0. The summed E-state index contributed by atoms with van der Waals surface area (Å²) in [5.74, 6) is -0.334. The standard InChI is InChI=1S/C19H20N4O3S/c1-2-22-27(25,26)18-6-3-5-16(13-18)19(24)20-14-15-7-9-17(10-8-15)23-12-4-11-21-23/h3-13,22H,2,14H2,1H3,(H,20,24). The summed E-state index contributed by atoms with van der Waals surface area (Å²) in [5, 5.41) is 6.97. The summed E-state index contributed by atoms with van der Waals surface area (Å²) in [6.07, 6.45) is 3.56. The zero-order chi connectivity index (χ0) is 19.3. The molecule has 0 spiro atoms. The van der Waals surface area contributed by atoms with Crippen molar-refractivity contribution in [3.05, 3.63) is 78.1 Å². The molecule has 8 heteroatoms. The van der Waals surface area contributed by atoms with Crippen LogP contribution in [0.25, 0.3) is 5.69 Å². The minimum Gasteiger partial charge on any atom is -0.348 e. The van der Waals surface area contributed by atoms with Gasteiger partial charge in [-0.25, -0.2) is 17.8 Å². The third-order valence-corrected chi connectivity index (χ3v) is 5.44. The highest BCUT2D eigenvalue weighted by molar-refractivity contribution is 7.89. The topological polar surface area (TPSA) is 93.1 Å². The predicted molar refractivity (Wildman–Crippen MR) is 102 cm³/mol. The molecule has 0 aliphatic carbocycles. The molecule has 1 amide bonds. The van der Waals surface area contributed by atoms with Crippen LogP contribution in [0.1, 0.15) is 22.8 Å². The van der Waals surface area contributed by atoms with Crippen LogP contribution in [-0.2, 0) is 16.6 Å². The van der Waals surface area contributed by atoms with Crippen LogP contribution in [0.2, 0.25) is 0 Å². The number of amides is 1. The van der Waals surface area contributed by atoms with Crippen LogP contribution in [0.4, 0.5) is 0 Å². The predicted octanol–water partition coefficient (Wildman–Crippen LogP) is 2.10. The Morgan fingerprint density at radius 1 is 1.11 bits per heavy atom. The molecular weight excluding hydrogens is 364 g/mol. The van der Waals surface area contributed by atoms with Crippen LogP contribution in [-0.4, -0.2) is 30.7 Å². The fourth-order valence-corrected chi connectivity index (χ4v) is 3.64. The average molecular weight is 384 g/mol. The lowest BCUT2D eigenvalue weighted by Gasteiger charge is -2.09. The van der Waals surface area contributed by atoms with Gasteiger partial charge in [0.15, 0.2) is 0 Å². The van der Waals surface area contributed by atoms with Gasteiger partial charge in [0, 0.05) is 31.0 Å². The van der Waals surface area contributed by atoms with E-state index in [-0.39, 0.29) is 17.3 Å². The Labute approximate surface area is 158 Å². The molecule has 3 rings (SSSR count). The first kappa shape index (κ1) is 18.8. The van der Waals surface area contributed by atoms with Crippen molar-refractivity contribution in [2.45, 2.75) is 18.4 Å². The number of nitrogens with zero attached hydrogens (tertiary/aromatic N) is 2. The van der Waals surface area contributed by atoms with Gasteiger partial charge in [-0.2, -0.15) is 5.10 Å². The molecule has 0 saturated heterocycles. The van der Waals surface area contributed by atoms with Crippen LogP contribution in [0.3, 0.4) is 0 Å². The molecule has 0 aliphatic rings. The molecule has 0 atom stereocenters. The lowest BCUT2D eigenvalue weighted by Crippen LogP contribution is -2.25. The van der Waals surface area contributed by atoms with E-state index in [0.717, 1.165) is 11.3 Å². The molecule has 0 unspecified atom stereocenters. The van der Waals surface area contributed by atoms with Crippen LogP contribution in [0.5, 0.6) is 0 Å². The molecule has 2 aromatic carbocycles. The zero-order valence-electron chi connectivity index (χ0n) is 14.8. The van der Waals surface area contributed by atoms with E-state index in [9.17, 15) is 13.2 Å². The second kappa shape index (κ2) is 8.15. The lowest BCUT2D eigenvalue weighted by atomic mass is 10.2. The average Bonchev–Trinajstić information content (AvgIpc) is 3.21. The van der Waals surface area contributed by atoms with Crippen molar-refractivity contribution >= 4 is 15.9 Å². The van der Waals surface area contributed by atoms with Gasteiger partial charge in [-0.15, -0.1) is 0 Å². The minimum atomic E-state index is -3.60. The van der Waals surface area contributed by atoms with E-state index < -0.39 is 10.0 Å². The van der Waals surface area contributed by atoms with Gasteiger partial charge in [-0.1, -0.05) is 25.1 Å². The van der Waals surface area contributed by atoms with Crippen molar-refractivity contribution in [2.75, 3.05) is 6.54 Å². The Morgan fingerprint density at radius 3 is 2.56 bits per heavy atom. The number of carbonyl (C=O) groups excluding carboxylic acids is 1. The Hall–Kier alpha value is -2.97. The van der Waals surface area contributed by atoms with E-state index in [1.165, 1.54) is 12.1 Å². The summed E-state index contributed by atoms with van der Waals surface area (Å²) >= 11 is 0. The van der Waals surface area contributed by atoms with E-state index >= 15 is 0 Å². The maximum Gasteiger partial charge on any atom is 0.251 e. The number of benzene rings is 2. The Balaban J connectivity index is 1.66. The third-order valence-electron chi connectivity index (χ3n) is 3.90. The zero-order valence-corrected chi connectivity index (χ0v) is 15.6. The molecule has 27 heavy (non-hydrogen) atoms. The molecule has 0 radical (unpaired) electrons. The Bertz CT molecular complexity index is 1010. The number of hydrogen-bond acceptors (Lipinski definition) is 4. The minimum absolute atomic E-state index is 0.0700. The normalized spacial score (nSPS) is 11.3. The highest BCUT2D eigenvalue weighted by Crippen LogP contribution is 2.12. The maximum atomic E-state index is 12.4. The van der Waals surface area contributed by atoms with Gasteiger partial charge in [0.2, 0.25) is 10.0 Å². The number of carbonyl (C=O) groups is 1. The summed E-state index contributed by atoms with van der Waals surface area (Å²) in [6.45, 7) is 2.32. The van der Waals surface area contributed by atoms with Gasteiger partial charge in [-0.3, -0.25) is 4.79 Å². The summed E-state index contributed by atoms with van der Waals surface area (Å²) in [5.41, 5.74) is 2.15. The largest absolute Gasteiger partial charge is 0.348 e. The Morgan fingerprint density at radius 2 is 1.89 bits per heavy atom. The van der Waals surface area contributed by atoms with Crippen molar-refractivity contribution in [1.29, 1.82) is 0 Å². The fraction of sp³-hybridized carbons (Fsp3) is 0.158. The SMILES string of the molecule is CCNS(=O)(=O)c1cccc(C(=O)NCc2ccc(-n3cccn3)cc2)c1. The Kier molecular flexibility index (Phi) is 5.68. The monoisotopic (exact) mass is 384 g/mol. The first-order valence-corrected chi connectivity index (χ1v) is 9.95. The molecule has 0 fully saturated rings. The van der Waals surface area contributed by atoms with Gasteiger partial charge < -0.3 is 5.32 Å². The third kappa shape index (κ3) is 4.60. The molecule has 7 nitrogen and oxygen atoms in total. The van der Waals surface area contributed by atoms with Crippen molar-refractivity contribution in [2.24, 2.45) is 0 Å². The molecule has 0 aliphatic heterocycles. The number of aromatic nitrogens is 2. The number of rotatable bonds is 7. The van der Waals surface area contributed by atoms with E-state index in [4.69, 9.17) is 0 Å².